The molecule has 3 aliphatic rings. The maximum atomic E-state index is 9.31. The van der Waals surface area contributed by atoms with Crippen molar-refractivity contribution in [2.45, 2.75) is 57.8 Å². The predicted molar refractivity (Wildman–Crippen MR) is 460 cm³/mol. The minimum Gasteiger partial charge on any atom is -0.457 e. The topological polar surface area (TPSA) is 172 Å². The average molecular weight is 1540 g/mol. The van der Waals surface area contributed by atoms with Crippen molar-refractivity contribution in [3.8, 4) is 125 Å². The summed E-state index contributed by atoms with van der Waals surface area (Å²) in [5.41, 5.74) is 18.6. The predicted octanol–water partition coefficient (Wildman–Crippen LogP) is 24.8. The molecule has 0 bridgehead atoms. The van der Waals surface area contributed by atoms with Crippen LogP contribution in [0.3, 0.4) is 0 Å². The van der Waals surface area contributed by atoms with E-state index in [0.29, 0.717) is 61.6 Å². The van der Waals surface area contributed by atoms with E-state index in [1.165, 1.54) is 5.56 Å². The van der Waals surface area contributed by atoms with Crippen molar-refractivity contribution in [3.05, 3.63) is 353 Å². The first-order valence-corrected chi connectivity index (χ1v) is 38.8. The van der Waals surface area contributed by atoms with Gasteiger partial charge in [-0.2, -0.15) is 0 Å². The van der Waals surface area contributed by atoms with E-state index in [4.69, 9.17) is 76.2 Å². The lowest BCUT2D eigenvalue weighted by atomic mass is 9.71. The van der Waals surface area contributed by atoms with E-state index in [0.717, 1.165) is 151 Å². The molecule has 0 saturated heterocycles. The first kappa shape index (κ1) is 71.9. The van der Waals surface area contributed by atoms with Gasteiger partial charge in [0, 0.05) is 115 Å². The fraction of sp³-hybridized carbons (Fsp3) is 0.0909. The number of nitrogens with zero attached hydrogens (tertiary/aromatic N) is 6. The van der Waals surface area contributed by atoms with Gasteiger partial charge in [0.05, 0.1) is 5.02 Å². The van der Waals surface area contributed by atoms with E-state index in [1.807, 2.05) is 194 Å². The molecule has 0 unspecified atom stereocenters. The summed E-state index contributed by atoms with van der Waals surface area (Å²) in [6.07, 6.45) is 0. The third kappa shape index (κ3) is 13.0. The van der Waals surface area contributed by atoms with Gasteiger partial charge in [0.1, 0.15) is 51.2 Å². The molecule has 7 heterocycles. The Morgan fingerprint density at radius 2 is 0.635 bits per heavy atom. The van der Waals surface area contributed by atoms with Gasteiger partial charge in [0.15, 0.2) is 40.5 Å². The first-order chi connectivity index (χ1) is 55.9. The highest BCUT2D eigenvalue weighted by Crippen LogP contribution is 2.54. The summed E-state index contributed by atoms with van der Waals surface area (Å²) in [5, 5.41) is 23.2. The maximum Gasteiger partial charge on any atom is 0.488 e. The van der Waals surface area contributed by atoms with Crippen molar-refractivity contribution in [1.29, 1.82) is 0 Å². The van der Waals surface area contributed by atoms with E-state index in [1.54, 1.807) is 24.3 Å². The minimum atomic E-state index is -1.46. The Bertz CT molecular complexity index is 6760. The van der Waals surface area contributed by atoms with Crippen molar-refractivity contribution in [3.63, 3.8) is 0 Å². The number of halogens is 2. The Morgan fingerprint density at radius 3 is 1.07 bits per heavy atom. The molecular weight excluding hydrogens is 1470 g/mol. The van der Waals surface area contributed by atoms with Gasteiger partial charge in [0.25, 0.3) is 0 Å². The largest absolute Gasteiger partial charge is 0.488 e. The average Bonchev–Trinajstić information content (AvgIpc) is 1.56. The second kappa shape index (κ2) is 28.7. The second-order valence-corrected chi connectivity index (χ2v) is 31.4. The van der Waals surface area contributed by atoms with Crippen LogP contribution >= 0.6 is 23.2 Å². The number of para-hydroxylation sites is 3. The molecule has 0 aliphatic carbocycles. The summed E-state index contributed by atoms with van der Waals surface area (Å²) in [7, 11) is -1.46. The summed E-state index contributed by atoms with van der Waals surface area (Å²) in [6, 6.07) is 103. The van der Waals surface area contributed by atoms with E-state index >= 15 is 0 Å². The number of rotatable bonds is 9. The quantitative estimate of drug-likeness (QED) is 0.131. The van der Waals surface area contributed by atoms with Crippen LogP contribution in [0.1, 0.15) is 74.9 Å². The summed E-state index contributed by atoms with van der Waals surface area (Å²) in [4.78, 5) is 29.8. The van der Waals surface area contributed by atoms with Crippen LogP contribution in [0, 0.1) is 0 Å². The number of furan rings is 2. The number of hydrogen-bond acceptors (Lipinski definition) is 13. The molecule has 0 spiro atoms. The zero-order chi connectivity index (χ0) is 78.4. The molecule has 13 nitrogen and oxygen atoms in total. The fourth-order valence-corrected chi connectivity index (χ4v) is 16.8. The Kier molecular flexibility index (Phi) is 18.0. The smallest absolute Gasteiger partial charge is 0.457 e. The number of ether oxygens (including phenoxy) is 3. The van der Waals surface area contributed by atoms with Crippen LogP contribution in [-0.4, -0.2) is 47.1 Å². The molecular formula is C99H71BCl2N6O7. The lowest BCUT2D eigenvalue weighted by molar-refractivity contribution is 0.415. The van der Waals surface area contributed by atoms with Gasteiger partial charge in [0.2, 0.25) is 0 Å². The summed E-state index contributed by atoms with van der Waals surface area (Å²) < 4.78 is 32.0. The van der Waals surface area contributed by atoms with Crippen molar-refractivity contribution in [1.82, 2.24) is 29.9 Å². The standard InChI is InChI=1S/C57H41N3O3.C27H15Cl2N3O.C15H15BO3/c1-56(2)42-21-11-13-23-46(42)61-48-28-26-36(32-44(48)56)38-30-40(37-27-29-49-45(33-37)57(3,4)43-22-12-14-24-47(43)62-49)52-41(31-38)51-39(20-15-25-50(51)63-52)55-59-53(34-16-7-5-8-17-34)58-54(60-55)35-18-9-6-10-19-35;28-18-14-20-23-19(12-7-13-22(23)33-24(20)21(29)15-18)27-31-25(16-8-3-1-4-9-16)30-26(32-27)17-10-5-2-6-11-17;1-15(2)11-5-3-4-6-13(11)19-14-8-7-10(16(17)18)9-12(14)15/h5-33H,1-4H3;1-15H;3-9,17-18H,1-2H3. The van der Waals surface area contributed by atoms with Crippen LogP contribution < -0.4 is 19.7 Å². The normalized spacial score (nSPS) is 13.5. The van der Waals surface area contributed by atoms with Crippen LogP contribution in [0.15, 0.2) is 318 Å². The number of benzene rings is 14. The molecule has 0 saturated carbocycles. The highest BCUT2D eigenvalue weighted by Gasteiger charge is 2.38. The van der Waals surface area contributed by atoms with Gasteiger partial charge < -0.3 is 33.1 Å². The zero-order valence-electron chi connectivity index (χ0n) is 63.4. The van der Waals surface area contributed by atoms with Crippen LogP contribution in [0.2, 0.25) is 10.0 Å². The van der Waals surface area contributed by atoms with Crippen LogP contribution in [-0.2, 0) is 16.2 Å². The molecule has 0 atom stereocenters. The van der Waals surface area contributed by atoms with Crippen LogP contribution in [0.25, 0.3) is 134 Å². The molecule has 0 radical (unpaired) electrons. The van der Waals surface area contributed by atoms with E-state index in [2.05, 4.69) is 133 Å². The lowest BCUT2D eigenvalue weighted by Crippen LogP contribution is -2.33. The molecule has 21 rings (SSSR count). The second-order valence-electron chi connectivity index (χ2n) is 30.5. The summed E-state index contributed by atoms with van der Waals surface area (Å²) in [5.74, 6) is 8.67. The molecule has 115 heavy (non-hydrogen) atoms. The Labute approximate surface area is 674 Å². The molecule has 18 aromatic rings. The number of hydrogen-bond donors (Lipinski definition) is 2. The van der Waals surface area contributed by atoms with Crippen molar-refractivity contribution < 1.29 is 33.1 Å². The highest BCUT2D eigenvalue weighted by molar-refractivity contribution is 6.58. The molecule has 2 N–H and O–H groups in total. The van der Waals surface area contributed by atoms with Gasteiger partial charge >= 0.3 is 7.12 Å². The summed E-state index contributed by atoms with van der Waals surface area (Å²) >= 11 is 12.7. The molecule has 0 amide bonds. The minimum absolute atomic E-state index is 0.227. The Morgan fingerprint density at radius 1 is 0.278 bits per heavy atom. The third-order valence-electron chi connectivity index (χ3n) is 22.3. The van der Waals surface area contributed by atoms with Gasteiger partial charge in [-0.25, -0.2) is 29.9 Å². The van der Waals surface area contributed by atoms with Crippen molar-refractivity contribution in [2.24, 2.45) is 0 Å². The van der Waals surface area contributed by atoms with Crippen LogP contribution in [0.4, 0.5) is 0 Å². The fourth-order valence-electron chi connectivity index (χ4n) is 16.2. The molecule has 556 valence electrons. The van der Waals surface area contributed by atoms with Crippen molar-refractivity contribution in [2.75, 3.05) is 0 Å². The van der Waals surface area contributed by atoms with Gasteiger partial charge in [-0.3, -0.25) is 0 Å². The van der Waals surface area contributed by atoms with E-state index < -0.39 is 7.12 Å². The monoisotopic (exact) mass is 1540 g/mol. The van der Waals surface area contributed by atoms with Crippen molar-refractivity contribution >= 4 is 79.7 Å². The molecule has 14 aromatic carbocycles. The van der Waals surface area contributed by atoms with E-state index in [-0.39, 0.29) is 16.2 Å². The number of aromatic nitrogens is 6. The maximum absolute atomic E-state index is 9.31. The van der Waals surface area contributed by atoms with Gasteiger partial charge in [-0.05, 0) is 107 Å². The summed E-state index contributed by atoms with van der Waals surface area (Å²) in [6.45, 7) is 13.3. The third-order valence-corrected chi connectivity index (χ3v) is 22.8. The molecule has 3 aliphatic heterocycles. The molecule has 16 heteroatoms. The first-order valence-electron chi connectivity index (χ1n) is 38.0. The van der Waals surface area contributed by atoms with Gasteiger partial charge in [-0.1, -0.05) is 289 Å². The van der Waals surface area contributed by atoms with E-state index in [9.17, 15) is 10.0 Å². The highest BCUT2D eigenvalue weighted by atomic mass is 35.5. The Hall–Kier alpha value is -13.3. The van der Waals surface area contributed by atoms with Gasteiger partial charge in [-0.15, -0.1) is 0 Å². The molecule has 0 fully saturated rings. The SMILES string of the molecule is CC1(C)c2ccccc2Oc2ccc(-c3cc(-c4ccc5c(c4)C(C)(C)c4ccccc4O5)c4oc5cccc(-c6nc(-c7ccccc7)nc(-c7ccccc7)n6)c5c4c3)cc21.CC1(C)c2ccccc2Oc2ccc(B(O)O)cc21.Clc1cc(Cl)c2oc3cccc(-c4nc(-c5ccccc5)nc(-c5ccccc5)n4)c3c2c1. The number of fused-ring (bicyclic) bond motifs is 12. The zero-order valence-corrected chi connectivity index (χ0v) is 64.9. The van der Waals surface area contributed by atoms with Crippen LogP contribution in [0.5, 0.6) is 34.5 Å². The Balaban J connectivity index is 0.000000140. The molecule has 4 aromatic heterocycles. The lowest BCUT2D eigenvalue weighted by Gasteiger charge is -2.35.